The molecule has 2 aliphatic heterocycles. The molecule has 0 aliphatic carbocycles. The van der Waals surface area contributed by atoms with Crippen molar-refractivity contribution in [3.8, 4) is 0 Å². The highest BCUT2D eigenvalue weighted by Gasteiger charge is 2.28. The summed E-state index contributed by atoms with van der Waals surface area (Å²) in [4.78, 5) is 7.12. The van der Waals surface area contributed by atoms with Gasteiger partial charge in [-0.1, -0.05) is 18.2 Å². The number of aromatic nitrogens is 1. The van der Waals surface area contributed by atoms with Crippen molar-refractivity contribution in [2.45, 2.75) is 31.2 Å². The van der Waals surface area contributed by atoms with Crippen LogP contribution in [-0.2, 0) is 4.74 Å². The van der Waals surface area contributed by atoms with Crippen LogP contribution in [0.15, 0.2) is 36.5 Å². The quantitative estimate of drug-likeness (QED) is 0.846. The Morgan fingerprint density at radius 1 is 1.05 bits per heavy atom. The molecule has 3 heteroatoms. The van der Waals surface area contributed by atoms with Crippen molar-refractivity contribution in [3.63, 3.8) is 0 Å². The van der Waals surface area contributed by atoms with Crippen molar-refractivity contribution in [3.05, 3.63) is 42.1 Å². The lowest BCUT2D eigenvalue weighted by Crippen LogP contribution is -2.41. The van der Waals surface area contributed by atoms with E-state index >= 15 is 0 Å². The first kappa shape index (κ1) is 13.2. The minimum Gasteiger partial charge on any atom is -0.380 e. The molecule has 110 valence electrons. The Labute approximate surface area is 125 Å². The molecule has 21 heavy (non-hydrogen) atoms. The van der Waals surface area contributed by atoms with Crippen molar-refractivity contribution in [2.75, 3.05) is 26.3 Å². The Kier molecular flexibility index (Phi) is 3.62. The van der Waals surface area contributed by atoms with Gasteiger partial charge in [0, 0.05) is 24.2 Å². The van der Waals surface area contributed by atoms with Crippen LogP contribution in [0.4, 0.5) is 0 Å². The smallest absolute Gasteiger partial charge is 0.0704 e. The van der Waals surface area contributed by atoms with E-state index in [0.29, 0.717) is 12.0 Å². The molecule has 0 saturated carbocycles. The minimum absolute atomic E-state index is 0.667. The predicted molar refractivity (Wildman–Crippen MR) is 84.5 cm³/mol. The molecule has 0 amide bonds. The summed E-state index contributed by atoms with van der Waals surface area (Å²) in [6.45, 7) is 4.28. The maximum Gasteiger partial charge on any atom is 0.0704 e. The van der Waals surface area contributed by atoms with Gasteiger partial charge in [-0.25, -0.2) is 0 Å². The molecule has 1 aromatic carbocycles. The van der Waals surface area contributed by atoms with Gasteiger partial charge in [-0.05, 0) is 56.0 Å². The van der Waals surface area contributed by atoms with Crippen LogP contribution in [-0.4, -0.2) is 42.2 Å². The molecule has 0 spiro atoms. The minimum atomic E-state index is 0.667. The van der Waals surface area contributed by atoms with Crippen molar-refractivity contribution >= 4 is 10.9 Å². The number of piperidine rings is 1. The van der Waals surface area contributed by atoms with Crippen LogP contribution in [0.25, 0.3) is 10.9 Å². The number of pyridine rings is 1. The van der Waals surface area contributed by atoms with Gasteiger partial charge in [0.15, 0.2) is 0 Å². The summed E-state index contributed by atoms with van der Waals surface area (Å²) in [5, 5.41) is 1.34. The number of nitrogens with zero attached hydrogens (tertiary/aromatic N) is 2. The van der Waals surface area contributed by atoms with E-state index in [0.717, 1.165) is 18.7 Å². The number of hydrogen-bond acceptors (Lipinski definition) is 3. The van der Waals surface area contributed by atoms with Crippen LogP contribution in [0, 0.1) is 0 Å². The number of likely N-dealkylation sites (tertiary alicyclic amines) is 1. The molecule has 0 bridgehead atoms. The summed E-state index contributed by atoms with van der Waals surface area (Å²) in [5.41, 5.74) is 2.62. The Morgan fingerprint density at radius 2 is 1.90 bits per heavy atom. The topological polar surface area (TPSA) is 25.4 Å². The molecule has 0 radical (unpaired) electrons. The summed E-state index contributed by atoms with van der Waals surface area (Å²) in [5.74, 6) is 0.677. The molecule has 2 aromatic rings. The van der Waals surface area contributed by atoms with E-state index in [1.165, 1.54) is 43.3 Å². The lowest BCUT2D eigenvalue weighted by atomic mass is 9.87. The molecule has 1 aromatic heterocycles. The fourth-order valence-electron chi connectivity index (χ4n) is 3.86. The zero-order chi connectivity index (χ0) is 14.1. The second-order valence-corrected chi connectivity index (χ2v) is 6.24. The molecular weight excluding hydrogens is 260 g/mol. The van der Waals surface area contributed by atoms with Gasteiger partial charge in [-0.2, -0.15) is 0 Å². The summed E-state index contributed by atoms with van der Waals surface area (Å²) >= 11 is 0. The molecule has 2 fully saturated rings. The Bertz CT molecular complexity index is 608. The number of benzene rings is 1. The van der Waals surface area contributed by atoms with Crippen LogP contribution in [0.3, 0.4) is 0 Å². The average Bonchev–Trinajstić information content (AvgIpc) is 3.09. The Morgan fingerprint density at radius 3 is 2.71 bits per heavy atom. The van der Waals surface area contributed by atoms with Crippen LogP contribution in [0.1, 0.15) is 30.7 Å². The van der Waals surface area contributed by atoms with Gasteiger partial charge < -0.3 is 4.74 Å². The maximum atomic E-state index is 5.53. The second kappa shape index (κ2) is 5.74. The third kappa shape index (κ3) is 2.56. The largest absolute Gasteiger partial charge is 0.380 e. The lowest BCUT2D eigenvalue weighted by molar-refractivity contribution is 0.122. The second-order valence-electron chi connectivity index (χ2n) is 6.24. The molecule has 3 heterocycles. The monoisotopic (exact) mass is 282 g/mol. The SMILES string of the molecule is c1ccc2c(C3CCN(C4CCOC4)CC3)ccnc2c1. The van der Waals surface area contributed by atoms with Gasteiger partial charge in [0.25, 0.3) is 0 Å². The summed E-state index contributed by atoms with van der Waals surface area (Å²) < 4.78 is 5.53. The molecule has 3 nitrogen and oxygen atoms in total. The summed E-state index contributed by atoms with van der Waals surface area (Å²) in [7, 11) is 0. The molecule has 1 unspecified atom stereocenters. The fourth-order valence-corrected chi connectivity index (χ4v) is 3.86. The Hall–Kier alpha value is -1.45. The number of para-hydroxylation sites is 1. The fraction of sp³-hybridized carbons (Fsp3) is 0.500. The van der Waals surface area contributed by atoms with Gasteiger partial charge in [-0.3, -0.25) is 9.88 Å². The maximum absolute atomic E-state index is 5.53. The first-order valence-corrected chi connectivity index (χ1v) is 8.07. The van der Waals surface area contributed by atoms with E-state index in [-0.39, 0.29) is 0 Å². The Balaban J connectivity index is 1.52. The summed E-state index contributed by atoms with van der Waals surface area (Å²) in [6.07, 6.45) is 5.69. The van der Waals surface area contributed by atoms with Crippen LogP contribution >= 0.6 is 0 Å². The molecule has 1 atom stereocenters. The van der Waals surface area contributed by atoms with Gasteiger partial charge in [0.05, 0.1) is 12.1 Å². The first-order chi connectivity index (χ1) is 10.4. The number of rotatable bonds is 2. The molecule has 2 aliphatic rings. The molecular formula is C18H22N2O. The van der Waals surface area contributed by atoms with Crippen LogP contribution in [0.2, 0.25) is 0 Å². The van der Waals surface area contributed by atoms with Gasteiger partial charge in [-0.15, -0.1) is 0 Å². The van der Waals surface area contributed by atoms with Crippen molar-refractivity contribution < 1.29 is 4.74 Å². The van der Waals surface area contributed by atoms with E-state index in [4.69, 9.17) is 4.74 Å². The van der Waals surface area contributed by atoms with Crippen LogP contribution < -0.4 is 0 Å². The highest BCUT2D eigenvalue weighted by molar-refractivity contribution is 5.82. The predicted octanol–water partition coefficient (Wildman–Crippen LogP) is 3.20. The van der Waals surface area contributed by atoms with Crippen molar-refractivity contribution in [1.29, 1.82) is 0 Å². The molecule has 4 rings (SSSR count). The lowest BCUT2D eigenvalue weighted by Gasteiger charge is -2.35. The first-order valence-electron chi connectivity index (χ1n) is 8.07. The standard InChI is InChI=1S/C18H22N2O/c1-2-4-18-17(3-1)16(5-9-19-18)14-6-10-20(11-7-14)15-8-12-21-13-15/h1-5,9,14-15H,6-8,10-13H2. The van der Waals surface area contributed by atoms with Gasteiger partial charge in [0.2, 0.25) is 0 Å². The van der Waals surface area contributed by atoms with E-state index in [9.17, 15) is 0 Å². The van der Waals surface area contributed by atoms with Crippen molar-refractivity contribution in [1.82, 2.24) is 9.88 Å². The number of ether oxygens (including phenoxy) is 1. The van der Waals surface area contributed by atoms with Crippen LogP contribution in [0.5, 0.6) is 0 Å². The van der Waals surface area contributed by atoms with E-state index in [2.05, 4.69) is 40.2 Å². The van der Waals surface area contributed by atoms with Gasteiger partial charge in [0.1, 0.15) is 0 Å². The highest BCUT2D eigenvalue weighted by atomic mass is 16.5. The highest BCUT2D eigenvalue weighted by Crippen LogP contribution is 2.33. The third-order valence-electron chi connectivity index (χ3n) is 5.07. The van der Waals surface area contributed by atoms with E-state index < -0.39 is 0 Å². The molecule has 2 saturated heterocycles. The number of fused-ring (bicyclic) bond motifs is 1. The zero-order valence-electron chi connectivity index (χ0n) is 12.4. The third-order valence-corrected chi connectivity index (χ3v) is 5.07. The van der Waals surface area contributed by atoms with Gasteiger partial charge >= 0.3 is 0 Å². The molecule has 0 N–H and O–H groups in total. The normalized spacial score (nSPS) is 24.7. The number of hydrogen-bond donors (Lipinski definition) is 0. The summed E-state index contributed by atoms with van der Waals surface area (Å²) in [6, 6.07) is 11.4. The van der Waals surface area contributed by atoms with Crippen molar-refractivity contribution in [2.24, 2.45) is 0 Å². The van der Waals surface area contributed by atoms with E-state index in [1.807, 2.05) is 6.20 Å². The van der Waals surface area contributed by atoms with E-state index in [1.54, 1.807) is 0 Å². The average molecular weight is 282 g/mol. The zero-order valence-corrected chi connectivity index (χ0v) is 12.4.